The van der Waals surface area contributed by atoms with Crippen LogP contribution in [0, 0.1) is 23.7 Å². The molecule has 0 aliphatic rings. The number of unbranched alkanes of at least 4 members (excludes halogenated alkanes) is 12. The first-order valence-corrected chi connectivity index (χ1v) is 17.0. The van der Waals surface area contributed by atoms with E-state index >= 15 is 0 Å². The Morgan fingerprint density at radius 1 is 0.436 bits per heavy atom. The van der Waals surface area contributed by atoms with Gasteiger partial charge in [-0.2, -0.15) is 0 Å². The Kier molecular flexibility index (Phi) is 26.4. The summed E-state index contributed by atoms with van der Waals surface area (Å²) >= 11 is 0. The summed E-state index contributed by atoms with van der Waals surface area (Å²) in [6.45, 7) is 14.8. The van der Waals surface area contributed by atoms with Gasteiger partial charge in [0, 0.05) is 12.8 Å². The molecule has 0 aliphatic carbocycles. The van der Waals surface area contributed by atoms with Crippen LogP contribution in [0.1, 0.15) is 176 Å². The van der Waals surface area contributed by atoms with Gasteiger partial charge in [-0.05, 0) is 49.4 Å². The SMILES string of the molecule is CC(C)CCCCCOC(=O)CCCCCCCCCCCC(CCC(=O)OCCCCCC(C)C)C(C)C. The van der Waals surface area contributed by atoms with Crippen LogP contribution in [0.15, 0.2) is 0 Å². The lowest BCUT2D eigenvalue weighted by molar-refractivity contribution is -0.145. The number of rotatable bonds is 28. The van der Waals surface area contributed by atoms with Gasteiger partial charge >= 0.3 is 11.9 Å². The third-order valence-corrected chi connectivity index (χ3v) is 8.00. The van der Waals surface area contributed by atoms with Gasteiger partial charge in [0.1, 0.15) is 0 Å². The van der Waals surface area contributed by atoms with Crippen LogP contribution in [-0.2, 0) is 19.1 Å². The smallest absolute Gasteiger partial charge is 0.305 e. The Labute approximate surface area is 244 Å². The molecular weight excluding hydrogens is 484 g/mol. The molecular formula is C35H68O4. The molecule has 0 saturated carbocycles. The fourth-order valence-electron chi connectivity index (χ4n) is 5.21. The third kappa shape index (κ3) is 28.3. The highest BCUT2D eigenvalue weighted by Crippen LogP contribution is 2.24. The molecule has 0 saturated heterocycles. The molecule has 0 N–H and O–H groups in total. The number of hydrogen-bond donors (Lipinski definition) is 0. The van der Waals surface area contributed by atoms with Gasteiger partial charge in [0.2, 0.25) is 0 Å². The first kappa shape index (κ1) is 37.9. The van der Waals surface area contributed by atoms with E-state index in [0.717, 1.165) is 50.4 Å². The predicted molar refractivity (Wildman–Crippen MR) is 167 cm³/mol. The van der Waals surface area contributed by atoms with Crippen LogP contribution >= 0.6 is 0 Å². The van der Waals surface area contributed by atoms with Gasteiger partial charge < -0.3 is 9.47 Å². The van der Waals surface area contributed by atoms with Crippen LogP contribution in [0.25, 0.3) is 0 Å². The largest absolute Gasteiger partial charge is 0.466 e. The summed E-state index contributed by atoms with van der Waals surface area (Å²) in [5.74, 6) is 2.76. The van der Waals surface area contributed by atoms with E-state index in [0.29, 0.717) is 37.9 Å². The summed E-state index contributed by atoms with van der Waals surface area (Å²) in [7, 11) is 0. The maximum Gasteiger partial charge on any atom is 0.305 e. The number of carbonyl (C=O) groups is 2. The van der Waals surface area contributed by atoms with Crippen LogP contribution in [0.3, 0.4) is 0 Å². The zero-order valence-electron chi connectivity index (χ0n) is 27.2. The molecule has 0 aromatic heterocycles. The van der Waals surface area contributed by atoms with E-state index in [9.17, 15) is 9.59 Å². The molecule has 0 spiro atoms. The van der Waals surface area contributed by atoms with Crippen molar-refractivity contribution in [1.82, 2.24) is 0 Å². The minimum Gasteiger partial charge on any atom is -0.466 e. The zero-order chi connectivity index (χ0) is 29.1. The van der Waals surface area contributed by atoms with Crippen molar-refractivity contribution in [2.45, 2.75) is 176 Å². The lowest BCUT2D eigenvalue weighted by Gasteiger charge is -2.20. The minimum absolute atomic E-state index is 0.00563. The van der Waals surface area contributed by atoms with Gasteiger partial charge in [-0.15, -0.1) is 0 Å². The van der Waals surface area contributed by atoms with E-state index in [1.165, 1.54) is 83.5 Å². The molecule has 0 rings (SSSR count). The molecule has 0 amide bonds. The van der Waals surface area contributed by atoms with Crippen LogP contribution in [0.5, 0.6) is 0 Å². The standard InChI is InChI=1S/C35H68O4/c1-30(2)22-16-14-20-28-38-34(36)25-19-13-11-9-7-8-10-12-18-24-33(32(5)6)26-27-35(37)39-29-21-15-17-23-31(3)4/h30-33H,7-29H2,1-6H3. The average Bonchev–Trinajstić information content (AvgIpc) is 2.87. The van der Waals surface area contributed by atoms with Gasteiger partial charge in [-0.3, -0.25) is 9.59 Å². The second-order valence-corrected chi connectivity index (χ2v) is 13.2. The van der Waals surface area contributed by atoms with Gasteiger partial charge in [-0.25, -0.2) is 0 Å². The molecule has 1 unspecified atom stereocenters. The Balaban J connectivity index is 3.57. The van der Waals surface area contributed by atoms with E-state index in [1.807, 2.05) is 0 Å². The van der Waals surface area contributed by atoms with E-state index in [1.54, 1.807) is 0 Å². The first-order chi connectivity index (χ1) is 18.7. The molecule has 232 valence electrons. The Hall–Kier alpha value is -1.06. The van der Waals surface area contributed by atoms with Gasteiger partial charge in [0.25, 0.3) is 0 Å². The lowest BCUT2D eigenvalue weighted by atomic mass is 9.86. The monoisotopic (exact) mass is 553 g/mol. The van der Waals surface area contributed by atoms with Crippen molar-refractivity contribution in [2.24, 2.45) is 23.7 Å². The fourth-order valence-corrected chi connectivity index (χ4v) is 5.21. The normalized spacial score (nSPS) is 12.4. The number of hydrogen-bond acceptors (Lipinski definition) is 4. The van der Waals surface area contributed by atoms with Crippen molar-refractivity contribution in [3.8, 4) is 0 Å². The van der Waals surface area contributed by atoms with Gasteiger partial charge in [0.15, 0.2) is 0 Å². The summed E-state index contributed by atoms with van der Waals surface area (Å²) in [6, 6.07) is 0. The second kappa shape index (κ2) is 27.1. The van der Waals surface area contributed by atoms with Crippen molar-refractivity contribution in [3.05, 3.63) is 0 Å². The molecule has 0 fully saturated rings. The molecule has 0 aromatic carbocycles. The van der Waals surface area contributed by atoms with Crippen LogP contribution < -0.4 is 0 Å². The molecule has 0 aromatic rings. The first-order valence-electron chi connectivity index (χ1n) is 17.0. The topological polar surface area (TPSA) is 52.6 Å². The summed E-state index contributed by atoms with van der Waals surface area (Å²) in [5, 5.41) is 0. The van der Waals surface area contributed by atoms with E-state index in [4.69, 9.17) is 9.47 Å². The molecule has 0 radical (unpaired) electrons. The number of ether oxygens (including phenoxy) is 2. The molecule has 0 bridgehead atoms. The third-order valence-electron chi connectivity index (χ3n) is 8.00. The highest BCUT2D eigenvalue weighted by atomic mass is 16.5. The van der Waals surface area contributed by atoms with Gasteiger partial charge in [-0.1, -0.05) is 138 Å². The molecule has 0 aliphatic heterocycles. The summed E-state index contributed by atoms with van der Waals surface area (Å²) in [6.07, 6.45) is 23.8. The number of esters is 2. The Morgan fingerprint density at radius 3 is 1.28 bits per heavy atom. The van der Waals surface area contributed by atoms with Gasteiger partial charge in [0.05, 0.1) is 13.2 Å². The van der Waals surface area contributed by atoms with E-state index in [-0.39, 0.29) is 11.9 Å². The average molecular weight is 553 g/mol. The summed E-state index contributed by atoms with van der Waals surface area (Å²) < 4.78 is 10.8. The fraction of sp³-hybridized carbons (Fsp3) is 0.943. The Bertz CT molecular complexity index is 555. The molecule has 39 heavy (non-hydrogen) atoms. The molecule has 0 heterocycles. The van der Waals surface area contributed by atoms with Crippen molar-refractivity contribution < 1.29 is 19.1 Å². The number of carbonyl (C=O) groups excluding carboxylic acids is 2. The lowest BCUT2D eigenvalue weighted by Crippen LogP contribution is -2.13. The van der Waals surface area contributed by atoms with Crippen LogP contribution in [0.2, 0.25) is 0 Å². The predicted octanol–water partition coefficient (Wildman–Crippen LogP) is 10.8. The maximum atomic E-state index is 12.1. The van der Waals surface area contributed by atoms with E-state index < -0.39 is 0 Å². The van der Waals surface area contributed by atoms with Crippen molar-refractivity contribution in [2.75, 3.05) is 13.2 Å². The highest BCUT2D eigenvalue weighted by molar-refractivity contribution is 5.69. The molecule has 4 heteroatoms. The van der Waals surface area contributed by atoms with Crippen molar-refractivity contribution >= 4 is 11.9 Å². The van der Waals surface area contributed by atoms with Crippen LogP contribution in [0.4, 0.5) is 0 Å². The highest BCUT2D eigenvalue weighted by Gasteiger charge is 2.15. The summed E-state index contributed by atoms with van der Waals surface area (Å²) in [4.78, 5) is 24.0. The quantitative estimate of drug-likeness (QED) is 0.0715. The second-order valence-electron chi connectivity index (χ2n) is 13.2. The molecule has 1 atom stereocenters. The van der Waals surface area contributed by atoms with E-state index in [2.05, 4.69) is 41.5 Å². The van der Waals surface area contributed by atoms with Crippen molar-refractivity contribution in [3.63, 3.8) is 0 Å². The summed E-state index contributed by atoms with van der Waals surface area (Å²) in [5.41, 5.74) is 0. The van der Waals surface area contributed by atoms with Crippen LogP contribution in [-0.4, -0.2) is 25.2 Å². The van der Waals surface area contributed by atoms with Crippen molar-refractivity contribution in [1.29, 1.82) is 0 Å². The minimum atomic E-state index is -0.0111. The Morgan fingerprint density at radius 2 is 0.821 bits per heavy atom. The molecule has 4 nitrogen and oxygen atoms in total. The maximum absolute atomic E-state index is 12.1. The zero-order valence-corrected chi connectivity index (χ0v) is 27.2.